The monoisotopic (exact) mass is 241 g/mol. The Balaban J connectivity index is 2.51. The van der Waals surface area contributed by atoms with Gasteiger partial charge in [-0.15, -0.1) is 0 Å². The molecule has 0 aliphatic rings. The van der Waals surface area contributed by atoms with Crippen LogP contribution in [0, 0.1) is 20.8 Å². The molecule has 1 atom stereocenters. The molecule has 0 fully saturated rings. The number of rotatable bonds is 2. The summed E-state index contributed by atoms with van der Waals surface area (Å²) >= 11 is 0. The summed E-state index contributed by atoms with van der Waals surface area (Å²) in [5, 5.41) is 10.5. The van der Waals surface area contributed by atoms with E-state index in [9.17, 15) is 5.11 Å². The minimum Gasteiger partial charge on any atom is -0.399 e. The van der Waals surface area contributed by atoms with Gasteiger partial charge >= 0.3 is 0 Å². The normalized spacial score (nSPS) is 12.4. The molecule has 0 spiro atoms. The smallest absolute Gasteiger partial charge is 0.105 e. The zero-order valence-corrected chi connectivity index (χ0v) is 11.1. The molecule has 2 nitrogen and oxygen atoms in total. The second kappa shape index (κ2) is 4.83. The fourth-order valence-corrected chi connectivity index (χ4v) is 2.19. The summed E-state index contributed by atoms with van der Waals surface area (Å²) in [4.78, 5) is 0. The minimum atomic E-state index is -0.617. The zero-order valence-electron chi connectivity index (χ0n) is 11.1. The van der Waals surface area contributed by atoms with Crippen molar-refractivity contribution in [3.05, 3.63) is 64.2 Å². The van der Waals surface area contributed by atoms with Gasteiger partial charge in [-0.3, -0.25) is 0 Å². The van der Waals surface area contributed by atoms with Crippen LogP contribution in [0.4, 0.5) is 5.69 Å². The molecule has 0 aliphatic heterocycles. The van der Waals surface area contributed by atoms with Crippen molar-refractivity contribution in [3.8, 4) is 0 Å². The Morgan fingerprint density at radius 1 is 1.00 bits per heavy atom. The van der Waals surface area contributed by atoms with Gasteiger partial charge in [-0.05, 0) is 49.1 Å². The lowest BCUT2D eigenvalue weighted by Crippen LogP contribution is -2.06. The van der Waals surface area contributed by atoms with Gasteiger partial charge in [0.1, 0.15) is 6.10 Å². The van der Waals surface area contributed by atoms with Crippen LogP contribution in [-0.4, -0.2) is 5.11 Å². The molecule has 2 heteroatoms. The van der Waals surface area contributed by atoms with Gasteiger partial charge in [0.15, 0.2) is 0 Å². The Bertz CT molecular complexity index is 573. The SMILES string of the molecule is Cc1ccc(C)c([C@@H](O)c2cccc(N)c2C)c1. The van der Waals surface area contributed by atoms with E-state index < -0.39 is 6.10 Å². The molecular weight excluding hydrogens is 222 g/mol. The number of hydrogen-bond acceptors (Lipinski definition) is 2. The van der Waals surface area contributed by atoms with E-state index >= 15 is 0 Å². The number of aliphatic hydroxyl groups excluding tert-OH is 1. The third-order valence-corrected chi connectivity index (χ3v) is 3.44. The average Bonchev–Trinajstić information content (AvgIpc) is 2.35. The molecule has 94 valence electrons. The Morgan fingerprint density at radius 3 is 2.44 bits per heavy atom. The van der Waals surface area contributed by atoms with Gasteiger partial charge in [0.25, 0.3) is 0 Å². The molecule has 0 saturated heterocycles. The maximum absolute atomic E-state index is 10.5. The third-order valence-electron chi connectivity index (χ3n) is 3.44. The summed E-state index contributed by atoms with van der Waals surface area (Å²) in [6.45, 7) is 5.99. The van der Waals surface area contributed by atoms with Crippen LogP contribution in [-0.2, 0) is 0 Å². The topological polar surface area (TPSA) is 46.2 Å². The molecule has 0 aromatic heterocycles. The average molecular weight is 241 g/mol. The maximum atomic E-state index is 10.5. The number of hydrogen-bond donors (Lipinski definition) is 2. The highest BCUT2D eigenvalue weighted by Gasteiger charge is 2.15. The van der Waals surface area contributed by atoms with E-state index in [0.717, 1.165) is 33.5 Å². The van der Waals surface area contributed by atoms with Gasteiger partial charge in [0, 0.05) is 5.69 Å². The number of benzene rings is 2. The van der Waals surface area contributed by atoms with Crippen LogP contribution in [0.1, 0.15) is 33.9 Å². The first-order valence-corrected chi connectivity index (χ1v) is 6.11. The Labute approximate surface area is 108 Å². The van der Waals surface area contributed by atoms with Gasteiger partial charge < -0.3 is 10.8 Å². The van der Waals surface area contributed by atoms with Crippen molar-refractivity contribution in [2.45, 2.75) is 26.9 Å². The molecule has 2 aromatic rings. The molecular formula is C16H19NO. The molecule has 0 heterocycles. The second-order valence-electron chi connectivity index (χ2n) is 4.82. The summed E-state index contributed by atoms with van der Waals surface area (Å²) < 4.78 is 0. The van der Waals surface area contributed by atoms with Crippen LogP contribution in [0.5, 0.6) is 0 Å². The van der Waals surface area contributed by atoms with E-state index in [0.29, 0.717) is 0 Å². The minimum absolute atomic E-state index is 0.617. The van der Waals surface area contributed by atoms with E-state index in [1.54, 1.807) is 0 Å². The highest BCUT2D eigenvalue weighted by Crippen LogP contribution is 2.29. The molecule has 0 amide bonds. The van der Waals surface area contributed by atoms with Crippen LogP contribution in [0.3, 0.4) is 0 Å². The van der Waals surface area contributed by atoms with E-state index in [-0.39, 0.29) is 0 Å². The molecule has 3 N–H and O–H groups in total. The maximum Gasteiger partial charge on any atom is 0.105 e. The predicted molar refractivity (Wildman–Crippen MR) is 75.6 cm³/mol. The van der Waals surface area contributed by atoms with Crippen molar-refractivity contribution in [2.24, 2.45) is 0 Å². The molecule has 0 aliphatic carbocycles. The third kappa shape index (κ3) is 2.24. The molecule has 18 heavy (non-hydrogen) atoms. The number of nitrogen functional groups attached to an aromatic ring is 1. The van der Waals surface area contributed by atoms with Crippen LogP contribution in [0.15, 0.2) is 36.4 Å². The molecule has 2 rings (SSSR count). The van der Waals surface area contributed by atoms with Crippen LogP contribution in [0.2, 0.25) is 0 Å². The largest absolute Gasteiger partial charge is 0.399 e. The van der Waals surface area contributed by atoms with E-state index in [1.165, 1.54) is 0 Å². The van der Waals surface area contributed by atoms with Gasteiger partial charge in [-0.1, -0.05) is 35.9 Å². The predicted octanol–water partition coefficient (Wildman–Crippen LogP) is 3.28. The number of aliphatic hydroxyl groups is 1. The first-order chi connectivity index (χ1) is 8.50. The van der Waals surface area contributed by atoms with Gasteiger partial charge in [0.05, 0.1) is 0 Å². The Kier molecular flexibility index (Phi) is 3.39. The van der Waals surface area contributed by atoms with Crippen LogP contribution >= 0.6 is 0 Å². The summed E-state index contributed by atoms with van der Waals surface area (Å²) in [6, 6.07) is 11.8. The Morgan fingerprint density at radius 2 is 1.72 bits per heavy atom. The van der Waals surface area contributed by atoms with Gasteiger partial charge in [-0.25, -0.2) is 0 Å². The van der Waals surface area contributed by atoms with Crippen molar-refractivity contribution < 1.29 is 5.11 Å². The molecule has 0 bridgehead atoms. The quantitative estimate of drug-likeness (QED) is 0.793. The van der Waals surface area contributed by atoms with E-state index in [4.69, 9.17) is 5.73 Å². The fourth-order valence-electron chi connectivity index (χ4n) is 2.19. The number of nitrogens with two attached hydrogens (primary N) is 1. The standard InChI is InChI=1S/C16H19NO/c1-10-7-8-11(2)14(9-10)16(18)13-5-4-6-15(17)12(13)3/h4-9,16,18H,17H2,1-3H3/t16-/m0/s1. The number of anilines is 1. The lowest BCUT2D eigenvalue weighted by molar-refractivity contribution is 0.219. The zero-order chi connectivity index (χ0) is 13.3. The summed E-state index contributed by atoms with van der Waals surface area (Å²) in [5.74, 6) is 0. The fraction of sp³-hybridized carbons (Fsp3) is 0.250. The lowest BCUT2D eigenvalue weighted by atomic mass is 9.93. The highest BCUT2D eigenvalue weighted by molar-refractivity contribution is 5.52. The molecule has 2 aromatic carbocycles. The first kappa shape index (κ1) is 12.7. The lowest BCUT2D eigenvalue weighted by Gasteiger charge is -2.18. The summed E-state index contributed by atoms with van der Waals surface area (Å²) in [5.41, 5.74) is 11.6. The van der Waals surface area contributed by atoms with Crippen molar-refractivity contribution in [1.29, 1.82) is 0 Å². The van der Waals surface area contributed by atoms with Crippen molar-refractivity contribution in [1.82, 2.24) is 0 Å². The van der Waals surface area contributed by atoms with Crippen LogP contribution < -0.4 is 5.73 Å². The van der Waals surface area contributed by atoms with Crippen molar-refractivity contribution in [2.75, 3.05) is 5.73 Å². The van der Waals surface area contributed by atoms with Gasteiger partial charge in [0.2, 0.25) is 0 Å². The molecule has 0 unspecified atom stereocenters. The summed E-state index contributed by atoms with van der Waals surface area (Å²) in [7, 11) is 0. The van der Waals surface area contributed by atoms with E-state index in [1.807, 2.05) is 51.1 Å². The summed E-state index contributed by atoms with van der Waals surface area (Å²) in [6.07, 6.45) is -0.617. The molecule has 0 saturated carbocycles. The first-order valence-electron chi connectivity index (χ1n) is 6.11. The highest BCUT2D eigenvalue weighted by atomic mass is 16.3. The number of aryl methyl sites for hydroxylation is 2. The Hall–Kier alpha value is -1.80. The van der Waals surface area contributed by atoms with Gasteiger partial charge in [-0.2, -0.15) is 0 Å². The van der Waals surface area contributed by atoms with Crippen molar-refractivity contribution in [3.63, 3.8) is 0 Å². The molecule has 0 radical (unpaired) electrons. The van der Waals surface area contributed by atoms with E-state index in [2.05, 4.69) is 6.07 Å². The second-order valence-corrected chi connectivity index (χ2v) is 4.82. The van der Waals surface area contributed by atoms with Crippen molar-refractivity contribution >= 4 is 5.69 Å². The van der Waals surface area contributed by atoms with Crippen LogP contribution in [0.25, 0.3) is 0 Å².